The van der Waals surface area contributed by atoms with Gasteiger partial charge in [0.15, 0.2) is 0 Å². The van der Waals surface area contributed by atoms with Crippen LogP contribution in [-0.4, -0.2) is 35.7 Å². The van der Waals surface area contributed by atoms with Gasteiger partial charge in [-0.05, 0) is 31.2 Å². The molecule has 5 nitrogen and oxygen atoms in total. The maximum Gasteiger partial charge on any atom is 0.240 e. The van der Waals surface area contributed by atoms with Crippen molar-refractivity contribution in [1.82, 2.24) is 10.0 Å². The molecule has 20 heavy (non-hydrogen) atoms. The average Bonchev–Trinajstić information content (AvgIpc) is 2.39. The second-order valence-electron chi connectivity index (χ2n) is 4.70. The predicted molar refractivity (Wildman–Crippen MR) is 75.4 cm³/mol. The fraction of sp³-hybridized carbons (Fsp3) is 0.538. The first kappa shape index (κ1) is 17.0. The molecule has 0 aliphatic heterocycles. The highest BCUT2D eigenvalue weighted by atomic mass is 32.2. The SMILES string of the molecule is CNCc1cc(S(=O)(=O)NCC(C)COC)ccc1F. The number of rotatable bonds is 8. The Bertz CT molecular complexity index is 534. The van der Waals surface area contributed by atoms with Gasteiger partial charge in [-0.15, -0.1) is 0 Å². The number of hydrogen-bond donors (Lipinski definition) is 2. The summed E-state index contributed by atoms with van der Waals surface area (Å²) in [5, 5.41) is 2.80. The molecule has 7 heteroatoms. The normalized spacial score (nSPS) is 13.4. The number of ether oxygens (including phenoxy) is 1. The topological polar surface area (TPSA) is 67.4 Å². The van der Waals surface area contributed by atoms with Crippen LogP contribution in [0.25, 0.3) is 0 Å². The molecule has 0 spiro atoms. The molecule has 0 heterocycles. The first-order chi connectivity index (χ1) is 9.40. The van der Waals surface area contributed by atoms with E-state index in [1.54, 1.807) is 14.2 Å². The van der Waals surface area contributed by atoms with Gasteiger partial charge in [0.1, 0.15) is 5.82 Å². The molecule has 1 aromatic rings. The summed E-state index contributed by atoms with van der Waals surface area (Å²) in [6, 6.07) is 3.77. The summed E-state index contributed by atoms with van der Waals surface area (Å²) in [5.41, 5.74) is 0.320. The smallest absolute Gasteiger partial charge is 0.240 e. The highest BCUT2D eigenvalue weighted by Crippen LogP contribution is 2.15. The number of benzene rings is 1. The molecule has 114 valence electrons. The minimum absolute atomic E-state index is 0.0620. The average molecular weight is 304 g/mol. The lowest BCUT2D eigenvalue weighted by atomic mass is 10.2. The van der Waals surface area contributed by atoms with Crippen molar-refractivity contribution in [1.29, 1.82) is 0 Å². The first-order valence-electron chi connectivity index (χ1n) is 6.32. The fourth-order valence-electron chi connectivity index (χ4n) is 1.72. The Balaban J connectivity index is 2.84. The zero-order chi connectivity index (χ0) is 15.2. The van der Waals surface area contributed by atoms with Gasteiger partial charge < -0.3 is 10.1 Å². The molecule has 0 aromatic heterocycles. The van der Waals surface area contributed by atoms with Crippen molar-refractivity contribution in [3.05, 3.63) is 29.6 Å². The number of methoxy groups -OCH3 is 1. The second-order valence-corrected chi connectivity index (χ2v) is 6.46. The minimum atomic E-state index is -3.63. The van der Waals surface area contributed by atoms with E-state index in [0.717, 1.165) is 0 Å². The van der Waals surface area contributed by atoms with E-state index in [1.165, 1.54) is 18.2 Å². The number of hydrogen-bond acceptors (Lipinski definition) is 4. The van der Waals surface area contributed by atoms with E-state index >= 15 is 0 Å². The van der Waals surface area contributed by atoms with Crippen molar-refractivity contribution in [2.45, 2.75) is 18.4 Å². The van der Waals surface area contributed by atoms with Crippen molar-refractivity contribution < 1.29 is 17.5 Å². The van der Waals surface area contributed by atoms with Crippen LogP contribution in [0.2, 0.25) is 0 Å². The quantitative estimate of drug-likeness (QED) is 0.755. The largest absolute Gasteiger partial charge is 0.384 e. The number of nitrogens with one attached hydrogen (secondary N) is 2. The summed E-state index contributed by atoms with van der Waals surface area (Å²) >= 11 is 0. The molecule has 0 saturated heterocycles. The van der Waals surface area contributed by atoms with Gasteiger partial charge in [0, 0.05) is 32.4 Å². The summed E-state index contributed by atoms with van der Waals surface area (Å²) in [6.45, 7) is 2.89. The monoisotopic (exact) mass is 304 g/mol. The van der Waals surface area contributed by atoms with Gasteiger partial charge in [-0.2, -0.15) is 0 Å². The van der Waals surface area contributed by atoms with Crippen LogP contribution in [0.3, 0.4) is 0 Å². The molecule has 1 aromatic carbocycles. The Morgan fingerprint density at radius 2 is 2.10 bits per heavy atom. The summed E-state index contributed by atoms with van der Waals surface area (Å²) in [7, 11) is -0.395. The fourth-order valence-corrected chi connectivity index (χ4v) is 2.94. The van der Waals surface area contributed by atoms with Crippen molar-refractivity contribution in [3.63, 3.8) is 0 Å². The molecule has 0 aliphatic carbocycles. The standard InChI is InChI=1S/C13H21FN2O3S/c1-10(9-19-3)7-16-20(17,18)12-4-5-13(14)11(6-12)8-15-2/h4-6,10,15-16H,7-9H2,1-3H3. The van der Waals surface area contributed by atoms with Crippen LogP contribution in [0.15, 0.2) is 23.1 Å². The van der Waals surface area contributed by atoms with Gasteiger partial charge in [0.25, 0.3) is 0 Å². The van der Waals surface area contributed by atoms with Gasteiger partial charge >= 0.3 is 0 Å². The van der Waals surface area contributed by atoms with E-state index < -0.39 is 15.8 Å². The van der Waals surface area contributed by atoms with E-state index in [9.17, 15) is 12.8 Å². The number of halogens is 1. The Labute approximate surface area is 119 Å². The zero-order valence-corrected chi connectivity index (χ0v) is 12.8. The van der Waals surface area contributed by atoms with Crippen LogP contribution in [-0.2, 0) is 21.3 Å². The van der Waals surface area contributed by atoms with E-state index in [2.05, 4.69) is 10.0 Å². The summed E-state index contributed by atoms with van der Waals surface area (Å²) in [6.07, 6.45) is 0. The molecule has 0 radical (unpaired) electrons. The summed E-state index contributed by atoms with van der Waals surface area (Å²) < 4.78 is 45.2. The van der Waals surface area contributed by atoms with Crippen LogP contribution in [0.4, 0.5) is 4.39 Å². The van der Waals surface area contributed by atoms with Gasteiger partial charge in [0.05, 0.1) is 4.90 Å². The van der Waals surface area contributed by atoms with Crippen LogP contribution >= 0.6 is 0 Å². The first-order valence-corrected chi connectivity index (χ1v) is 7.80. The van der Waals surface area contributed by atoms with Crippen molar-refractivity contribution in [3.8, 4) is 0 Å². The highest BCUT2D eigenvalue weighted by Gasteiger charge is 2.17. The molecule has 1 atom stereocenters. The van der Waals surface area contributed by atoms with Crippen LogP contribution in [0.1, 0.15) is 12.5 Å². The third-order valence-corrected chi connectivity index (χ3v) is 4.19. The Hall–Kier alpha value is -1.02. The zero-order valence-electron chi connectivity index (χ0n) is 11.9. The maximum atomic E-state index is 13.5. The van der Waals surface area contributed by atoms with E-state index in [4.69, 9.17) is 4.74 Å². The molecule has 0 fully saturated rings. The summed E-state index contributed by atoms with van der Waals surface area (Å²) in [4.78, 5) is 0.0637. The van der Waals surface area contributed by atoms with Gasteiger partial charge in [-0.3, -0.25) is 0 Å². The van der Waals surface area contributed by atoms with Crippen molar-refractivity contribution in [2.24, 2.45) is 5.92 Å². The molecule has 2 N–H and O–H groups in total. The highest BCUT2D eigenvalue weighted by molar-refractivity contribution is 7.89. The van der Waals surface area contributed by atoms with E-state index in [0.29, 0.717) is 12.2 Å². The van der Waals surface area contributed by atoms with Gasteiger partial charge in [-0.25, -0.2) is 17.5 Å². The lowest BCUT2D eigenvalue weighted by Crippen LogP contribution is -2.30. The maximum absolute atomic E-state index is 13.5. The predicted octanol–water partition coefficient (Wildman–Crippen LogP) is 1.11. The Morgan fingerprint density at radius 3 is 2.70 bits per heavy atom. The van der Waals surface area contributed by atoms with E-state index in [-0.39, 0.29) is 23.9 Å². The number of sulfonamides is 1. The van der Waals surface area contributed by atoms with Crippen LogP contribution in [0, 0.1) is 11.7 Å². The third kappa shape index (κ3) is 4.82. The van der Waals surface area contributed by atoms with Gasteiger partial charge in [0.2, 0.25) is 10.0 Å². The Morgan fingerprint density at radius 1 is 1.40 bits per heavy atom. The van der Waals surface area contributed by atoms with Gasteiger partial charge in [-0.1, -0.05) is 6.92 Å². The van der Waals surface area contributed by atoms with Crippen molar-refractivity contribution >= 4 is 10.0 Å². The van der Waals surface area contributed by atoms with E-state index in [1.807, 2.05) is 6.92 Å². The molecule has 0 bridgehead atoms. The van der Waals surface area contributed by atoms with Crippen molar-refractivity contribution in [2.75, 3.05) is 27.3 Å². The Kier molecular flexibility index (Phi) is 6.54. The van der Waals surface area contributed by atoms with Crippen LogP contribution in [0.5, 0.6) is 0 Å². The molecule has 0 amide bonds. The second kappa shape index (κ2) is 7.68. The van der Waals surface area contributed by atoms with Crippen LogP contribution < -0.4 is 10.0 Å². The lowest BCUT2D eigenvalue weighted by molar-refractivity contribution is 0.161. The molecule has 1 rings (SSSR count). The minimum Gasteiger partial charge on any atom is -0.384 e. The third-order valence-electron chi connectivity index (χ3n) is 2.77. The molecular formula is C13H21FN2O3S. The summed E-state index contributed by atoms with van der Waals surface area (Å²) in [5.74, 6) is -0.363. The lowest BCUT2D eigenvalue weighted by Gasteiger charge is -2.13. The molecule has 0 saturated carbocycles. The molecule has 0 aliphatic rings. The molecular weight excluding hydrogens is 283 g/mol. The molecule has 1 unspecified atom stereocenters.